The first-order valence-electron chi connectivity index (χ1n) is 8.90. The van der Waals surface area contributed by atoms with Crippen LogP contribution in [0.15, 0.2) is 53.4 Å². The average molecular weight is 364 g/mol. The summed E-state index contributed by atoms with van der Waals surface area (Å²) < 4.78 is 0. The topological polar surface area (TPSA) is 49.4 Å². The van der Waals surface area contributed by atoms with Crippen LogP contribution in [-0.4, -0.2) is 24.2 Å². The van der Waals surface area contributed by atoms with E-state index in [1.165, 1.54) is 24.8 Å². The zero-order chi connectivity index (χ0) is 17.9. The quantitative estimate of drug-likeness (QED) is 0.804. The number of nitrogens with one attached hydrogen (secondary N) is 1. The van der Waals surface area contributed by atoms with Gasteiger partial charge in [0.05, 0.1) is 4.91 Å². The molecule has 2 saturated heterocycles. The minimum atomic E-state index is -0.309. The van der Waals surface area contributed by atoms with Gasteiger partial charge in [-0.15, -0.1) is 0 Å². The average Bonchev–Trinajstić information content (AvgIpc) is 3.00. The third kappa shape index (κ3) is 3.53. The van der Waals surface area contributed by atoms with Crippen molar-refractivity contribution in [2.75, 3.05) is 18.0 Å². The Morgan fingerprint density at radius 2 is 1.69 bits per heavy atom. The molecule has 1 N–H and O–H groups in total. The Kier molecular flexibility index (Phi) is 4.80. The molecule has 2 heterocycles. The van der Waals surface area contributed by atoms with Crippen LogP contribution >= 0.6 is 11.8 Å². The molecule has 2 aliphatic heterocycles. The molecule has 2 aromatic carbocycles. The standard InChI is InChI=1S/C21H20N2O2S/c24-20-19(26-21(25)22-20)14-17-10-9-16(15-7-3-1-4-8-15)13-18(17)23-11-5-2-6-12-23/h1,3-4,7-10,13-14H,2,5-6,11-12H2,(H,22,24,25)/b19-14-. The number of nitrogens with zero attached hydrogens (tertiary/aromatic N) is 1. The molecule has 0 spiro atoms. The van der Waals surface area contributed by atoms with E-state index >= 15 is 0 Å². The highest BCUT2D eigenvalue weighted by Crippen LogP contribution is 2.34. The van der Waals surface area contributed by atoms with E-state index in [0.717, 1.165) is 41.7 Å². The van der Waals surface area contributed by atoms with Gasteiger partial charge in [0.15, 0.2) is 0 Å². The van der Waals surface area contributed by atoms with Gasteiger partial charge < -0.3 is 4.90 Å². The third-order valence-corrected chi connectivity index (χ3v) is 5.57. The summed E-state index contributed by atoms with van der Waals surface area (Å²) in [5, 5.41) is 2.02. The van der Waals surface area contributed by atoms with E-state index in [1.807, 2.05) is 24.3 Å². The van der Waals surface area contributed by atoms with Gasteiger partial charge in [0, 0.05) is 18.8 Å². The maximum absolute atomic E-state index is 11.9. The van der Waals surface area contributed by atoms with Gasteiger partial charge in [-0.1, -0.05) is 42.5 Å². The van der Waals surface area contributed by atoms with Crippen LogP contribution in [0.2, 0.25) is 0 Å². The van der Waals surface area contributed by atoms with Crippen molar-refractivity contribution in [3.8, 4) is 11.1 Å². The molecule has 0 atom stereocenters. The summed E-state index contributed by atoms with van der Waals surface area (Å²) in [6, 6.07) is 16.6. The van der Waals surface area contributed by atoms with Gasteiger partial charge in [-0.05, 0) is 59.9 Å². The van der Waals surface area contributed by atoms with Crippen molar-refractivity contribution in [2.45, 2.75) is 19.3 Å². The number of anilines is 1. The van der Waals surface area contributed by atoms with Gasteiger partial charge in [0.25, 0.3) is 11.1 Å². The number of hydrogen-bond acceptors (Lipinski definition) is 4. The first kappa shape index (κ1) is 16.9. The van der Waals surface area contributed by atoms with Gasteiger partial charge in [-0.3, -0.25) is 14.9 Å². The highest BCUT2D eigenvalue weighted by Gasteiger charge is 2.26. The number of rotatable bonds is 3. The summed E-state index contributed by atoms with van der Waals surface area (Å²) >= 11 is 0.967. The molecule has 2 fully saturated rings. The number of benzene rings is 2. The van der Waals surface area contributed by atoms with E-state index in [1.54, 1.807) is 0 Å². The molecule has 0 aliphatic carbocycles. The minimum absolute atomic E-state index is 0.304. The van der Waals surface area contributed by atoms with E-state index in [4.69, 9.17) is 0 Å². The second-order valence-electron chi connectivity index (χ2n) is 6.54. The second kappa shape index (κ2) is 7.38. The maximum Gasteiger partial charge on any atom is 0.290 e. The number of thioether (sulfide) groups is 1. The summed E-state index contributed by atoms with van der Waals surface area (Å²) in [5.41, 5.74) is 4.45. The molecule has 0 radical (unpaired) electrons. The van der Waals surface area contributed by atoms with E-state index in [9.17, 15) is 9.59 Å². The fraction of sp³-hybridized carbons (Fsp3) is 0.238. The van der Waals surface area contributed by atoms with Crippen LogP contribution in [0.25, 0.3) is 17.2 Å². The summed E-state index contributed by atoms with van der Waals surface area (Å²) in [4.78, 5) is 26.2. The molecule has 2 amide bonds. The molecule has 5 heteroatoms. The monoisotopic (exact) mass is 364 g/mol. The smallest absolute Gasteiger partial charge is 0.290 e. The van der Waals surface area contributed by atoms with Crippen molar-refractivity contribution in [2.24, 2.45) is 0 Å². The molecule has 4 rings (SSSR count). The zero-order valence-corrected chi connectivity index (χ0v) is 15.2. The summed E-state index contributed by atoms with van der Waals surface area (Å²) in [6.07, 6.45) is 5.46. The second-order valence-corrected chi connectivity index (χ2v) is 7.55. The molecule has 0 bridgehead atoms. The molecule has 132 valence electrons. The number of carbonyl (C=O) groups excluding carboxylic acids is 2. The van der Waals surface area contributed by atoms with E-state index in [-0.39, 0.29) is 11.1 Å². The van der Waals surface area contributed by atoms with Crippen LogP contribution in [0.5, 0.6) is 0 Å². The van der Waals surface area contributed by atoms with E-state index in [2.05, 4.69) is 40.5 Å². The van der Waals surface area contributed by atoms with Gasteiger partial charge in [0.2, 0.25) is 0 Å². The number of imide groups is 1. The lowest BCUT2D eigenvalue weighted by Gasteiger charge is -2.30. The number of carbonyl (C=O) groups is 2. The first-order valence-corrected chi connectivity index (χ1v) is 9.72. The van der Waals surface area contributed by atoms with Gasteiger partial charge in [0.1, 0.15) is 0 Å². The van der Waals surface area contributed by atoms with Crippen LogP contribution in [0, 0.1) is 0 Å². The Hall–Kier alpha value is -2.53. The lowest BCUT2D eigenvalue weighted by molar-refractivity contribution is -0.115. The SMILES string of the molecule is O=C1NC(=O)/C(=C/c2ccc(-c3ccccc3)cc2N2CCCCC2)S1. The fourth-order valence-corrected chi connectivity index (χ4v) is 4.12. The Labute approximate surface area is 157 Å². The van der Waals surface area contributed by atoms with Crippen molar-refractivity contribution < 1.29 is 9.59 Å². The van der Waals surface area contributed by atoms with Gasteiger partial charge in [-0.25, -0.2) is 0 Å². The zero-order valence-electron chi connectivity index (χ0n) is 14.4. The van der Waals surface area contributed by atoms with Gasteiger partial charge in [-0.2, -0.15) is 0 Å². The van der Waals surface area contributed by atoms with E-state index < -0.39 is 0 Å². The van der Waals surface area contributed by atoms with E-state index in [0.29, 0.717) is 4.91 Å². The minimum Gasteiger partial charge on any atom is -0.371 e. The molecule has 2 aliphatic rings. The molecule has 0 unspecified atom stereocenters. The lowest BCUT2D eigenvalue weighted by Crippen LogP contribution is -2.30. The van der Waals surface area contributed by atoms with Crippen LogP contribution < -0.4 is 10.2 Å². The summed E-state index contributed by atoms with van der Waals surface area (Å²) in [6.45, 7) is 2.04. The number of piperidine rings is 1. The highest BCUT2D eigenvalue weighted by molar-refractivity contribution is 8.18. The molecule has 26 heavy (non-hydrogen) atoms. The Balaban J connectivity index is 1.76. The first-order chi connectivity index (χ1) is 12.7. The van der Waals surface area contributed by atoms with Gasteiger partial charge >= 0.3 is 0 Å². The Morgan fingerprint density at radius 3 is 2.38 bits per heavy atom. The van der Waals surface area contributed by atoms with Crippen molar-refractivity contribution in [1.82, 2.24) is 5.32 Å². The van der Waals surface area contributed by atoms with Crippen LogP contribution in [-0.2, 0) is 4.79 Å². The summed E-state index contributed by atoms with van der Waals surface area (Å²) in [7, 11) is 0. The lowest BCUT2D eigenvalue weighted by atomic mass is 10.00. The van der Waals surface area contributed by atoms with Crippen LogP contribution in [0.4, 0.5) is 10.5 Å². The highest BCUT2D eigenvalue weighted by atomic mass is 32.2. The fourth-order valence-electron chi connectivity index (χ4n) is 3.45. The normalized spacial score (nSPS) is 19.1. The summed E-state index contributed by atoms with van der Waals surface area (Å²) in [5.74, 6) is -0.309. The predicted octanol–water partition coefficient (Wildman–Crippen LogP) is 4.67. The molecule has 2 aromatic rings. The molecule has 4 nitrogen and oxygen atoms in total. The molecular formula is C21H20N2O2S. The Morgan fingerprint density at radius 1 is 0.923 bits per heavy atom. The molecule has 0 saturated carbocycles. The molecule has 0 aromatic heterocycles. The number of amides is 2. The maximum atomic E-state index is 11.9. The number of hydrogen-bond donors (Lipinski definition) is 1. The van der Waals surface area contributed by atoms with Crippen molar-refractivity contribution >= 4 is 34.7 Å². The predicted molar refractivity (Wildman–Crippen MR) is 107 cm³/mol. The largest absolute Gasteiger partial charge is 0.371 e. The van der Waals surface area contributed by atoms with Crippen molar-refractivity contribution in [3.05, 3.63) is 59.0 Å². The van der Waals surface area contributed by atoms with Crippen LogP contribution in [0.3, 0.4) is 0 Å². The molecular weight excluding hydrogens is 344 g/mol. The van der Waals surface area contributed by atoms with Crippen molar-refractivity contribution in [3.63, 3.8) is 0 Å². The Bertz CT molecular complexity index is 871. The third-order valence-electron chi connectivity index (χ3n) is 4.76. The van der Waals surface area contributed by atoms with Crippen molar-refractivity contribution in [1.29, 1.82) is 0 Å². The van der Waals surface area contributed by atoms with Crippen LogP contribution in [0.1, 0.15) is 24.8 Å².